The van der Waals surface area contributed by atoms with Gasteiger partial charge in [0.1, 0.15) is 0 Å². The Bertz CT molecular complexity index is 548. The highest BCUT2D eigenvalue weighted by Crippen LogP contribution is 2.24. The fourth-order valence-electron chi connectivity index (χ4n) is 2.60. The third-order valence-corrected chi connectivity index (χ3v) is 4.42. The normalized spacial score (nSPS) is 12.3. The van der Waals surface area contributed by atoms with Crippen molar-refractivity contribution >= 4 is 15.9 Å². The van der Waals surface area contributed by atoms with Gasteiger partial charge in [-0.3, -0.25) is 0 Å². The summed E-state index contributed by atoms with van der Waals surface area (Å²) in [7, 11) is 0. The summed E-state index contributed by atoms with van der Waals surface area (Å²) in [6.45, 7) is 6.53. The molecule has 2 heteroatoms. The number of hydrogen-bond donors (Lipinski definition) is 1. The molecule has 2 aromatic carbocycles. The predicted octanol–water partition coefficient (Wildman–Crippen LogP) is 5.08. The molecule has 1 unspecified atom stereocenters. The molecular formula is C19H24BrN. The van der Waals surface area contributed by atoms with E-state index in [2.05, 4.69) is 83.6 Å². The van der Waals surface area contributed by atoms with E-state index in [0.717, 1.165) is 24.0 Å². The minimum atomic E-state index is 0.519. The fraction of sp³-hybridized carbons (Fsp3) is 0.368. The van der Waals surface area contributed by atoms with Gasteiger partial charge in [0.15, 0.2) is 0 Å². The van der Waals surface area contributed by atoms with Crippen LogP contribution < -0.4 is 5.32 Å². The molecule has 0 fully saturated rings. The highest BCUT2D eigenvalue weighted by Gasteiger charge is 2.13. The first-order chi connectivity index (χ1) is 10.2. The van der Waals surface area contributed by atoms with Gasteiger partial charge in [0.25, 0.3) is 0 Å². The Morgan fingerprint density at radius 3 is 2.43 bits per heavy atom. The summed E-state index contributed by atoms with van der Waals surface area (Å²) in [4.78, 5) is 0. The van der Waals surface area contributed by atoms with Crippen LogP contribution in [0.5, 0.6) is 0 Å². The van der Waals surface area contributed by atoms with Crippen LogP contribution in [-0.2, 0) is 6.42 Å². The van der Waals surface area contributed by atoms with Gasteiger partial charge in [-0.2, -0.15) is 0 Å². The van der Waals surface area contributed by atoms with Crippen LogP contribution in [-0.4, -0.2) is 13.1 Å². The summed E-state index contributed by atoms with van der Waals surface area (Å²) in [6.07, 6.45) is 2.27. The maximum atomic E-state index is 3.58. The summed E-state index contributed by atoms with van der Waals surface area (Å²) in [5.74, 6) is 0.519. The summed E-state index contributed by atoms with van der Waals surface area (Å²) in [5.41, 5.74) is 4.24. The van der Waals surface area contributed by atoms with E-state index in [1.54, 1.807) is 0 Å². The zero-order chi connectivity index (χ0) is 15.1. The van der Waals surface area contributed by atoms with Crippen LogP contribution in [0.1, 0.15) is 36.0 Å². The van der Waals surface area contributed by atoms with Gasteiger partial charge in [-0.1, -0.05) is 59.3 Å². The third kappa shape index (κ3) is 4.98. The monoisotopic (exact) mass is 345 g/mol. The molecule has 0 amide bonds. The molecular weight excluding hydrogens is 322 g/mol. The summed E-state index contributed by atoms with van der Waals surface area (Å²) in [5, 5.41) is 3.58. The molecule has 0 aliphatic carbocycles. The Labute approximate surface area is 136 Å². The lowest BCUT2D eigenvalue weighted by Gasteiger charge is -2.19. The van der Waals surface area contributed by atoms with Gasteiger partial charge in [-0.05, 0) is 55.1 Å². The van der Waals surface area contributed by atoms with E-state index in [9.17, 15) is 0 Å². The first-order valence-electron chi connectivity index (χ1n) is 7.71. The highest BCUT2D eigenvalue weighted by atomic mass is 79.9. The van der Waals surface area contributed by atoms with E-state index in [-0.39, 0.29) is 0 Å². The second-order valence-corrected chi connectivity index (χ2v) is 6.50. The SMILES string of the molecule is CCCNCC(Cc1ccccc1C)c1ccc(Br)cc1. The molecule has 1 atom stereocenters. The maximum Gasteiger partial charge on any atom is 0.0175 e. The number of halogens is 1. The molecule has 1 N–H and O–H groups in total. The average Bonchev–Trinajstić information content (AvgIpc) is 2.49. The molecule has 0 radical (unpaired) electrons. The molecule has 0 aliphatic rings. The molecule has 0 heterocycles. The van der Waals surface area contributed by atoms with Crippen molar-refractivity contribution in [3.63, 3.8) is 0 Å². The predicted molar refractivity (Wildman–Crippen MR) is 94.9 cm³/mol. The Morgan fingerprint density at radius 1 is 1.05 bits per heavy atom. The number of nitrogens with one attached hydrogen (secondary N) is 1. The van der Waals surface area contributed by atoms with Crippen LogP contribution in [0.15, 0.2) is 53.0 Å². The van der Waals surface area contributed by atoms with Crippen molar-refractivity contribution in [2.24, 2.45) is 0 Å². The standard InChI is InChI=1S/C19H24BrN/c1-3-12-21-14-18(16-8-10-19(20)11-9-16)13-17-7-5-4-6-15(17)2/h4-11,18,21H,3,12-14H2,1-2H3. The first kappa shape index (κ1) is 16.3. The van der Waals surface area contributed by atoms with E-state index in [0.29, 0.717) is 5.92 Å². The van der Waals surface area contributed by atoms with Gasteiger partial charge >= 0.3 is 0 Å². The lowest BCUT2D eigenvalue weighted by Crippen LogP contribution is -2.24. The smallest absolute Gasteiger partial charge is 0.0175 e. The molecule has 0 saturated heterocycles. The van der Waals surface area contributed by atoms with Crippen LogP contribution in [0, 0.1) is 6.92 Å². The van der Waals surface area contributed by atoms with Crippen LogP contribution in [0.4, 0.5) is 0 Å². The van der Waals surface area contributed by atoms with Crippen molar-refractivity contribution in [1.29, 1.82) is 0 Å². The van der Waals surface area contributed by atoms with Crippen molar-refractivity contribution in [1.82, 2.24) is 5.32 Å². The van der Waals surface area contributed by atoms with E-state index in [1.165, 1.54) is 23.1 Å². The maximum absolute atomic E-state index is 3.58. The third-order valence-electron chi connectivity index (χ3n) is 3.89. The molecule has 1 nitrogen and oxygen atoms in total. The quantitative estimate of drug-likeness (QED) is 0.689. The Morgan fingerprint density at radius 2 is 1.76 bits per heavy atom. The minimum absolute atomic E-state index is 0.519. The summed E-state index contributed by atoms with van der Waals surface area (Å²) < 4.78 is 1.14. The van der Waals surface area contributed by atoms with E-state index >= 15 is 0 Å². The highest BCUT2D eigenvalue weighted by molar-refractivity contribution is 9.10. The van der Waals surface area contributed by atoms with Crippen molar-refractivity contribution in [2.45, 2.75) is 32.6 Å². The van der Waals surface area contributed by atoms with E-state index < -0.39 is 0 Å². The van der Waals surface area contributed by atoms with Crippen LogP contribution in [0.25, 0.3) is 0 Å². The van der Waals surface area contributed by atoms with E-state index in [1.807, 2.05) is 0 Å². The molecule has 0 aromatic heterocycles. The number of aryl methyl sites for hydroxylation is 1. The number of benzene rings is 2. The molecule has 112 valence electrons. The summed E-state index contributed by atoms with van der Waals surface area (Å²) in [6, 6.07) is 17.5. The zero-order valence-corrected chi connectivity index (χ0v) is 14.5. The van der Waals surface area contributed by atoms with Crippen molar-refractivity contribution < 1.29 is 0 Å². The van der Waals surface area contributed by atoms with Gasteiger partial charge in [-0.25, -0.2) is 0 Å². The first-order valence-corrected chi connectivity index (χ1v) is 8.50. The lowest BCUT2D eigenvalue weighted by molar-refractivity contribution is 0.576. The van der Waals surface area contributed by atoms with Gasteiger partial charge < -0.3 is 5.32 Å². The molecule has 21 heavy (non-hydrogen) atoms. The Kier molecular flexibility index (Phi) is 6.47. The number of rotatable bonds is 7. The van der Waals surface area contributed by atoms with Crippen LogP contribution >= 0.6 is 15.9 Å². The van der Waals surface area contributed by atoms with Crippen molar-refractivity contribution in [3.05, 3.63) is 69.7 Å². The molecule has 0 saturated carbocycles. The van der Waals surface area contributed by atoms with Gasteiger partial charge in [0, 0.05) is 16.9 Å². The minimum Gasteiger partial charge on any atom is -0.316 e. The zero-order valence-electron chi connectivity index (χ0n) is 12.9. The molecule has 0 spiro atoms. The lowest BCUT2D eigenvalue weighted by atomic mass is 9.90. The van der Waals surface area contributed by atoms with Crippen LogP contribution in [0.3, 0.4) is 0 Å². The van der Waals surface area contributed by atoms with Crippen molar-refractivity contribution in [3.8, 4) is 0 Å². The number of hydrogen-bond acceptors (Lipinski definition) is 1. The molecule has 2 aromatic rings. The van der Waals surface area contributed by atoms with Gasteiger partial charge in [0.2, 0.25) is 0 Å². The van der Waals surface area contributed by atoms with E-state index in [4.69, 9.17) is 0 Å². The molecule has 0 bridgehead atoms. The fourth-order valence-corrected chi connectivity index (χ4v) is 2.86. The molecule has 0 aliphatic heterocycles. The Balaban J connectivity index is 2.15. The average molecular weight is 346 g/mol. The largest absolute Gasteiger partial charge is 0.316 e. The Hall–Kier alpha value is -1.12. The van der Waals surface area contributed by atoms with Crippen LogP contribution in [0.2, 0.25) is 0 Å². The second-order valence-electron chi connectivity index (χ2n) is 5.58. The van der Waals surface area contributed by atoms with Gasteiger partial charge in [0.05, 0.1) is 0 Å². The topological polar surface area (TPSA) is 12.0 Å². The second kappa shape index (κ2) is 8.35. The summed E-state index contributed by atoms with van der Waals surface area (Å²) >= 11 is 3.52. The molecule has 2 rings (SSSR count). The van der Waals surface area contributed by atoms with Gasteiger partial charge in [-0.15, -0.1) is 0 Å². The van der Waals surface area contributed by atoms with Crippen molar-refractivity contribution in [2.75, 3.05) is 13.1 Å².